The van der Waals surface area contributed by atoms with Crippen LogP contribution in [0.5, 0.6) is 0 Å². The molecule has 0 amide bonds. The van der Waals surface area contributed by atoms with E-state index in [2.05, 4.69) is 24.1 Å². The summed E-state index contributed by atoms with van der Waals surface area (Å²) in [6, 6.07) is 1.95. The smallest absolute Gasteiger partial charge is 0.150 e. The predicted molar refractivity (Wildman–Crippen MR) is 67.3 cm³/mol. The fourth-order valence-corrected chi connectivity index (χ4v) is 1.78. The molecule has 0 bridgehead atoms. The van der Waals surface area contributed by atoms with Crippen molar-refractivity contribution in [1.29, 1.82) is 0 Å². The quantitative estimate of drug-likeness (QED) is 0.804. The highest BCUT2D eigenvalue weighted by Crippen LogP contribution is 2.29. The molecule has 1 aromatic rings. The third-order valence-electron chi connectivity index (χ3n) is 2.21. The molecule has 0 spiro atoms. The molecular weight excluding hydrogens is 254 g/mol. The van der Waals surface area contributed by atoms with Gasteiger partial charge in [-0.1, -0.05) is 48.7 Å². The molecule has 1 aromatic heterocycles. The standard InChI is InChI=1S/C10H13Cl3N2/c1-3-6(4-2)14-10-8(12)5-7(11)9(13)15-10/h5-6H,3-4H2,1-2H3,(H,14,15). The Labute approximate surface area is 105 Å². The summed E-state index contributed by atoms with van der Waals surface area (Å²) in [4.78, 5) is 4.10. The molecule has 84 valence electrons. The Morgan fingerprint density at radius 2 is 1.80 bits per heavy atom. The number of hydrogen-bond donors (Lipinski definition) is 1. The second kappa shape index (κ2) is 5.78. The van der Waals surface area contributed by atoms with Gasteiger partial charge in [-0.2, -0.15) is 0 Å². The van der Waals surface area contributed by atoms with Crippen LogP contribution in [-0.4, -0.2) is 11.0 Å². The summed E-state index contributed by atoms with van der Waals surface area (Å²) in [6.45, 7) is 4.21. The van der Waals surface area contributed by atoms with E-state index in [0.29, 0.717) is 21.9 Å². The molecule has 5 heteroatoms. The Bertz CT molecular complexity index is 338. The number of halogens is 3. The van der Waals surface area contributed by atoms with Crippen molar-refractivity contribution in [1.82, 2.24) is 4.98 Å². The third kappa shape index (κ3) is 3.40. The summed E-state index contributed by atoms with van der Waals surface area (Å²) in [5, 5.41) is 4.37. The Balaban J connectivity index is 2.89. The van der Waals surface area contributed by atoms with Crippen LogP contribution in [0.4, 0.5) is 5.82 Å². The second-order valence-corrected chi connectivity index (χ2v) is 4.42. The first kappa shape index (κ1) is 12.9. The number of nitrogens with zero attached hydrogens (tertiary/aromatic N) is 1. The van der Waals surface area contributed by atoms with Crippen molar-refractivity contribution in [2.45, 2.75) is 32.7 Å². The summed E-state index contributed by atoms with van der Waals surface area (Å²) in [5.74, 6) is 0.597. The summed E-state index contributed by atoms with van der Waals surface area (Å²) < 4.78 is 0. The van der Waals surface area contributed by atoms with Crippen molar-refractivity contribution in [3.05, 3.63) is 21.3 Å². The molecule has 1 heterocycles. The van der Waals surface area contributed by atoms with E-state index in [1.165, 1.54) is 0 Å². The van der Waals surface area contributed by atoms with E-state index >= 15 is 0 Å². The molecule has 0 unspecified atom stereocenters. The lowest BCUT2D eigenvalue weighted by Gasteiger charge is -2.16. The first-order valence-corrected chi connectivity index (χ1v) is 5.99. The Morgan fingerprint density at radius 1 is 1.20 bits per heavy atom. The molecule has 0 radical (unpaired) electrons. The average molecular weight is 268 g/mol. The third-order valence-corrected chi connectivity index (χ3v) is 3.17. The zero-order valence-electron chi connectivity index (χ0n) is 8.65. The van der Waals surface area contributed by atoms with Crippen molar-refractivity contribution >= 4 is 40.6 Å². The average Bonchev–Trinajstić information content (AvgIpc) is 2.21. The normalized spacial score (nSPS) is 10.8. The lowest BCUT2D eigenvalue weighted by atomic mass is 10.2. The highest BCUT2D eigenvalue weighted by atomic mass is 35.5. The van der Waals surface area contributed by atoms with Crippen LogP contribution >= 0.6 is 34.8 Å². The number of hydrogen-bond acceptors (Lipinski definition) is 2. The second-order valence-electron chi connectivity index (χ2n) is 3.25. The van der Waals surface area contributed by atoms with Crippen LogP contribution in [0.1, 0.15) is 26.7 Å². The molecule has 15 heavy (non-hydrogen) atoms. The molecule has 0 atom stereocenters. The van der Waals surface area contributed by atoms with Gasteiger partial charge < -0.3 is 5.32 Å². The molecule has 0 aliphatic rings. The lowest BCUT2D eigenvalue weighted by molar-refractivity contribution is 0.668. The van der Waals surface area contributed by atoms with Gasteiger partial charge in [-0.15, -0.1) is 0 Å². The molecule has 0 saturated carbocycles. The highest BCUT2D eigenvalue weighted by Gasteiger charge is 2.10. The first-order chi connectivity index (χ1) is 7.08. The monoisotopic (exact) mass is 266 g/mol. The van der Waals surface area contributed by atoms with Crippen LogP contribution in [0.25, 0.3) is 0 Å². The van der Waals surface area contributed by atoms with Crippen molar-refractivity contribution in [2.75, 3.05) is 5.32 Å². The minimum absolute atomic E-state index is 0.273. The van der Waals surface area contributed by atoms with Crippen molar-refractivity contribution < 1.29 is 0 Å². The van der Waals surface area contributed by atoms with Gasteiger partial charge in [0.25, 0.3) is 0 Å². The topological polar surface area (TPSA) is 24.9 Å². The van der Waals surface area contributed by atoms with Gasteiger partial charge in [-0.05, 0) is 18.9 Å². The van der Waals surface area contributed by atoms with Gasteiger partial charge in [0.15, 0.2) is 0 Å². The molecule has 0 aliphatic heterocycles. The van der Waals surface area contributed by atoms with Gasteiger partial charge in [0.2, 0.25) is 0 Å². The van der Waals surface area contributed by atoms with Crippen molar-refractivity contribution in [2.24, 2.45) is 0 Å². The number of aromatic nitrogens is 1. The molecule has 1 N–H and O–H groups in total. The van der Waals surface area contributed by atoms with Gasteiger partial charge in [0.1, 0.15) is 11.0 Å². The van der Waals surface area contributed by atoms with Crippen molar-refractivity contribution in [3.8, 4) is 0 Å². The van der Waals surface area contributed by atoms with Crippen LogP contribution in [0, 0.1) is 0 Å². The van der Waals surface area contributed by atoms with E-state index in [4.69, 9.17) is 34.8 Å². The maximum atomic E-state index is 5.99. The Kier molecular flexibility index (Phi) is 4.97. The molecule has 0 saturated heterocycles. The zero-order chi connectivity index (χ0) is 11.4. The van der Waals surface area contributed by atoms with Gasteiger partial charge in [-0.25, -0.2) is 4.98 Å². The summed E-state index contributed by atoms with van der Waals surface area (Å²) in [5.41, 5.74) is 0. The van der Waals surface area contributed by atoms with Gasteiger partial charge >= 0.3 is 0 Å². The summed E-state index contributed by atoms with van der Waals surface area (Å²) in [6.07, 6.45) is 2.02. The minimum atomic E-state index is 0.273. The highest BCUT2D eigenvalue weighted by molar-refractivity contribution is 6.42. The first-order valence-electron chi connectivity index (χ1n) is 4.86. The van der Waals surface area contributed by atoms with Crippen LogP contribution in [0.15, 0.2) is 6.07 Å². The SMILES string of the molecule is CCC(CC)Nc1nc(Cl)c(Cl)cc1Cl. The Morgan fingerprint density at radius 3 is 2.33 bits per heavy atom. The molecule has 2 nitrogen and oxygen atoms in total. The van der Waals surface area contributed by atoms with Gasteiger partial charge in [0, 0.05) is 6.04 Å². The number of anilines is 1. The van der Waals surface area contributed by atoms with Crippen LogP contribution in [-0.2, 0) is 0 Å². The van der Waals surface area contributed by atoms with E-state index < -0.39 is 0 Å². The maximum Gasteiger partial charge on any atom is 0.150 e. The van der Waals surface area contributed by atoms with E-state index in [9.17, 15) is 0 Å². The maximum absolute atomic E-state index is 5.99. The van der Waals surface area contributed by atoms with E-state index in [0.717, 1.165) is 12.8 Å². The van der Waals surface area contributed by atoms with E-state index in [-0.39, 0.29) is 5.15 Å². The zero-order valence-corrected chi connectivity index (χ0v) is 10.9. The lowest BCUT2D eigenvalue weighted by Crippen LogP contribution is -2.18. The van der Waals surface area contributed by atoms with Gasteiger partial charge in [-0.3, -0.25) is 0 Å². The van der Waals surface area contributed by atoms with Crippen molar-refractivity contribution in [3.63, 3.8) is 0 Å². The number of pyridine rings is 1. The number of nitrogens with one attached hydrogen (secondary N) is 1. The van der Waals surface area contributed by atoms with E-state index in [1.807, 2.05) is 0 Å². The molecule has 0 aliphatic carbocycles. The van der Waals surface area contributed by atoms with E-state index in [1.54, 1.807) is 6.07 Å². The largest absolute Gasteiger partial charge is 0.366 e. The fraction of sp³-hybridized carbons (Fsp3) is 0.500. The van der Waals surface area contributed by atoms with Crippen LogP contribution in [0.3, 0.4) is 0 Å². The molecule has 0 aromatic carbocycles. The van der Waals surface area contributed by atoms with Crippen LogP contribution in [0.2, 0.25) is 15.2 Å². The fourth-order valence-electron chi connectivity index (χ4n) is 1.23. The van der Waals surface area contributed by atoms with Gasteiger partial charge in [0.05, 0.1) is 10.0 Å². The Hall–Kier alpha value is -0.180. The molecule has 1 rings (SSSR count). The summed E-state index contributed by atoms with van der Waals surface area (Å²) >= 11 is 17.6. The number of rotatable bonds is 4. The molecular formula is C10H13Cl3N2. The molecule has 0 fully saturated rings. The van der Waals surface area contributed by atoms with Crippen LogP contribution < -0.4 is 5.32 Å². The minimum Gasteiger partial charge on any atom is -0.366 e. The predicted octanol–water partition coefficient (Wildman–Crippen LogP) is 4.64. The summed E-state index contributed by atoms with van der Waals surface area (Å²) in [7, 11) is 0.